The van der Waals surface area contributed by atoms with Gasteiger partial charge in [0.2, 0.25) is 0 Å². The van der Waals surface area contributed by atoms with Crippen molar-refractivity contribution < 1.29 is 14.7 Å². The molecule has 0 spiro atoms. The van der Waals surface area contributed by atoms with Crippen molar-refractivity contribution in [2.75, 3.05) is 11.4 Å². The van der Waals surface area contributed by atoms with Crippen LogP contribution >= 0.6 is 11.3 Å². The highest BCUT2D eigenvalue weighted by Gasteiger charge is 2.50. The molecule has 1 aliphatic rings. The van der Waals surface area contributed by atoms with Crippen LogP contribution in [0.5, 0.6) is 0 Å². The van der Waals surface area contributed by atoms with Crippen LogP contribution in [0, 0.1) is 0 Å². The summed E-state index contributed by atoms with van der Waals surface area (Å²) in [5, 5.41) is 13.0. The maximum Gasteiger partial charge on any atom is 0.264 e. The molecule has 4 nitrogen and oxygen atoms in total. The zero-order valence-corrected chi connectivity index (χ0v) is 15.9. The van der Waals surface area contributed by atoms with E-state index in [1.165, 1.54) is 16.2 Å². The number of rotatable bonds is 6. The SMILES string of the molecule is O=C(CC1(O)C(=O)N(CC=Cc2ccccc2)c2ccccc21)c1cccs1. The maximum atomic E-state index is 13.1. The summed E-state index contributed by atoms with van der Waals surface area (Å²) in [6, 6.07) is 20.4. The Hall–Kier alpha value is -3.02. The van der Waals surface area contributed by atoms with Crippen LogP contribution in [0.15, 0.2) is 78.2 Å². The summed E-state index contributed by atoms with van der Waals surface area (Å²) in [5.74, 6) is -0.696. The number of para-hydroxylation sites is 1. The third-order valence-corrected chi connectivity index (χ3v) is 5.76. The largest absolute Gasteiger partial charge is 0.375 e. The number of aliphatic hydroxyl groups is 1. The number of ketones is 1. The van der Waals surface area contributed by atoms with E-state index in [9.17, 15) is 14.7 Å². The fourth-order valence-corrected chi connectivity index (χ4v) is 4.14. The van der Waals surface area contributed by atoms with Gasteiger partial charge in [-0.1, -0.05) is 66.7 Å². The fraction of sp³-hybridized carbons (Fsp3) is 0.130. The first-order chi connectivity index (χ1) is 13.6. The minimum Gasteiger partial charge on any atom is -0.375 e. The van der Waals surface area contributed by atoms with E-state index in [4.69, 9.17) is 0 Å². The number of amides is 1. The molecule has 28 heavy (non-hydrogen) atoms. The van der Waals surface area contributed by atoms with Gasteiger partial charge in [-0.15, -0.1) is 11.3 Å². The number of thiophene rings is 1. The molecule has 3 aromatic rings. The van der Waals surface area contributed by atoms with E-state index in [-0.39, 0.29) is 12.2 Å². The molecule has 0 radical (unpaired) electrons. The molecular formula is C23H19NO3S. The van der Waals surface area contributed by atoms with Crippen LogP contribution in [0.4, 0.5) is 5.69 Å². The van der Waals surface area contributed by atoms with Gasteiger partial charge in [0.25, 0.3) is 5.91 Å². The van der Waals surface area contributed by atoms with E-state index in [1.807, 2.05) is 53.9 Å². The molecule has 1 aliphatic heterocycles. The van der Waals surface area contributed by atoms with Crippen molar-refractivity contribution in [3.63, 3.8) is 0 Å². The molecule has 0 aliphatic carbocycles. The molecule has 0 fully saturated rings. The lowest BCUT2D eigenvalue weighted by atomic mass is 9.89. The van der Waals surface area contributed by atoms with Crippen molar-refractivity contribution in [1.82, 2.24) is 0 Å². The third kappa shape index (κ3) is 3.30. The van der Waals surface area contributed by atoms with Gasteiger partial charge in [0, 0.05) is 12.1 Å². The van der Waals surface area contributed by atoms with Crippen LogP contribution in [0.25, 0.3) is 6.08 Å². The van der Waals surface area contributed by atoms with Gasteiger partial charge in [0.05, 0.1) is 17.0 Å². The van der Waals surface area contributed by atoms with Crippen molar-refractivity contribution in [3.8, 4) is 0 Å². The van der Waals surface area contributed by atoms with E-state index >= 15 is 0 Å². The van der Waals surface area contributed by atoms with Gasteiger partial charge in [0.15, 0.2) is 11.4 Å². The summed E-state index contributed by atoms with van der Waals surface area (Å²) in [5.41, 5.74) is 0.327. The zero-order chi connectivity index (χ0) is 19.6. The van der Waals surface area contributed by atoms with E-state index in [0.717, 1.165) is 5.56 Å². The van der Waals surface area contributed by atoms with E-state index in [0.29, 0.717) is 22.7 Å². The van der Waals surface area contributed by atoms with E-state index in [2.05, 4.69) is 0 Å². The average molecular weight is 389 g/mol. The smallest absolute Gasteiger partial charge is 0.264 e. The Kier molecular flexibility index (Phi) is 4.94. The number of anilines is 1. The second-order valence-electron chi connectivity index (χ2n) is 6.68. The lowest BCUT2D eigenvalue weighted by Gasteiger charge is -2.21. The second-order valence-corrected chi connectivity index (χ2v) is 7.63. The standard InChI is InChI=1S/C23H19NO3S/c25-20(21-13-7-15-28-21)16-23(27)18-11-4-5-12-19(18)24(22(23)26)14-6-10-17-8-2-1-3-9-17/h1-13,15,27H,14,16H2. The van der Waals surface area contributed by atoms with Crippen LogP contribution in [-0.4, -0.2) is 23.3 Å². The maximum absolute atomic E-state index is 13.1. The monoisotopic (exact) mass is 389 g/mol. The lowest BCUT2D eigenvalue weighted by Crippen LogP contribution is -2.41. The fourth-order valence-electron chi connectivity index (χ4n) is 3.47. The van der Waals surface area contributed by atoms with Crippen molar-refractivity contribution in [2.45, 2.75) is 12.0 Å². The van der Waals surface area contributed by atoms with Crippen LogP contribution < -0.4 is 4.90 Å². The first-order valence-electron chi connectivity index (χ1n) is 9.02. The normalized spacial score (nSPS) is 18.6. The zero-order valence-electron chi connectivity index (χ0n) is 15.1. The third-order valence-electron chi connectivity index (χ3n) is 4.85. The number of benzene rings is 2. The number of hydrogen-bond acceptors (Lipinski definition) is 4. The molecule has 1 atom stereocenters. The lowest BCUT2D eigenvalue weighted by molar-refractivity contribution is -0.135. The second kappa shape index (κ2) is 7.54. The van der Waals surface area contributed by atoms with Crippen molar-refractivity contribution in [3.05, 3.63) is 94.2 Å². The molecule has 1 N–H and O–H groups in total. The molecular weight excluding hydrogens is 370 g/mol. The van der Waals surface area contributed by atoms with Crippen molar-refractivity contribution >= 4 is 34.8 Å². The summed E-state index contributed by atoms with van der Waals surface area (Å²) >= 11 is 1.31. The van der Waals surface area contributed by atoms with Crippen LogP contribution in [0.1, 0.15) is 27.2 Å². The summed E-state index contributed by atoms with van der Waals surface area (Å²) < 4.78 is 0. The molecule has 0 bridgehead atoms. The highest BCUT2D eigenvalue weighted by atomic mass is 32.1. The first-order valence-corrected chi connectivity index (χ1v) is 9.90. The Bertz CT molecular complexity index is 1030. The minimum absolute atomic E-state index is 0.234. The molecule has 0 saturated carbocycles. The van der Waals surface area contributed by atoms with Crippen LogP contribution in [-0.2, 0) is 10.4 Å². The number of fused-ring (bicyclic) bond motifs is 1. The number of hydrogen-bond donors (Lipinski definition) is 1. The number of carbonyl (C=O) groups is 2. The predicted molar refractivity (Wildman–Crippen MR) is 111 cm³/mol. The molecule has 1 aromatic heterocycles. The Morgan fingerprint density at radius 2 is 1.79 bits per heavy atom. The Balaban J connectivity index is 1.60. The van der Waals surface area contributed by atoms with Crippen LogP contribution in [0.2, 0.25) is 0 Å². The highest BCUT2D eigenvalue weighted by molar-refractivity contribution is 7.12. The Labute approximate surface area is 167 Å². The van der Waals surface area contributed by atoms with Gasteiger partial charge in [-0.25, -0.2) is 0 Å². The van der Waals surface area contributed by atoms with Crippen molar-refractivity contribution in [2.24, 2.45) is 0 Å². The average Bonchev–Trinajstić information content (AvgIpc) is 3.32. The molecule has 2 aromatic carbocycles. The molecule has 4 rings (SSSR count). The van der Waals surface area contributed by atoms with Gasteiger partial charge in [-0.3, -0.25) is 9.59 Å². The summed E-state index contributed by atoms with van der Waals surface area (Å²) in [6.07, 6.45) is 3.56. The summed E-state index contributed by atoms with van der Waals surface area (Å²) in [6.45, 7) is 0.320. The molecule has 1 unspecified atom stereocenters. The molecule has 5 heteroatoms. The number of carbonyl (C=O) groups excluding carboxylic acids is 2. The highest BCUT2D eigenvalue weighted by Crippen LogP contribution is 2.42. The molecule has 140 valence electrons. The number of Topliss-reactive ketones (excluding diaryl/α,β-unsaturated/α-hetero) is 1. The van der Waals surface area contributed by atoms with Gasteiger partial charge in [-0.2, -0.15) is 0 Å². The van der Waals surface area contributed by atoms with E-state index in [1.54, 1.807) is 30.3 Å². The van der Waals surface area contributed by atoms with Gasteiger partial charge in [-0.05, 0) is 23.1 Å². The molecule has 1 amide bonds. The van der Waals surface area contributed by atoms with E-state index < -0.39 is 11.5 Å². The summed E-state index contributed by atoms with van der Waals surface area (Å²) in [4.78, 5) is 27.8. The van der Waals surface area contributed by atoms with Crippen LogP contribution in [0.3, 0.4) is 0 Å². The quantitative estimate of drug-likeness (QED) is 0.641. The van der Waals surface area contributed by atoms with Gasteiger partial charge >= 0.3 is 0 Å². The van der Waals surface area contributed by atoms with Gasteiger partial charge < -0.3 is 10.0 Å². The predicted octanol–water partition coefficient (Wildman–Crippen LogP) is 4.27. The Morgan fingerprint density at radius 1 is 1.04 bits per heavy atom. The number of nitrogens with zero attached hydrogens (tertiary/aromatic N) is 1. The Morgan fingerprint density at radius 3 is 2.54 bits per heavy atom. The van der Waals surface area contributed by atoms with Crippen molar-refractivity contribution in [1.29, 1.82) is 0 Å². The minimum atomic E-state index is -1.84. The topological polar surface area (TPSA) is 57.6 Å². The first kappa shape index (κ1) is 18.3. The van der Waals surface area contributed by atoms with Gasteiger partial charge in [0.1, 0.15) is 0 Å². The molecule has 2 heterocycles. The summed E-state index contributed by atoms with van der Waals surface area (Å²) in [7, 11) is 0. The molecule has 0 saturated heterocycles.